The van der Waals surface area contributed by atoms with Crippen molar-refractivity contribution in [3.63, 3.8) is 0 Å². The Morgan fingerprint density at radius 3 is 2.71 bits per heavy atom. The quantitative estimate of drug-likeness (QED) is 0.860. The number of halogens is 1. The summed E-state index contributed by atoms with van der Waals surface area (Å²) in [5, 5.41) is 1.58. The minimum absolute atomic E-state index is 0.0849. The van der Waals surface area contributed by atoms with E-state index in [0.29, 0.717) is 17.0 Å². The maximum Gasteiger partial charge on any atom is 0.251 e. The molecule has 2 aromatic rings. The Bertz CT molecular complexity index is 611. The molecule has 0 aliphatic rings. The third-order valence-electron chi connectivity index (χ3n) is 2.53. The lowest BCUT2D eigenvalue weighted by atomic mass is 9.96. The van der Waals surface area contributed by atoms with Crippen molar-refractivity contribution in [3.05, 3.63) is 45.2 Å². The van der Waals surface area contributed by atoms with Gasteiger partial charge in [0.15, 0.2) is 0 Å². The van der Waals surface area contributed by atoms with Gasteiger partial charge in [0.2, 0.25) is 0 Å². The van der Waals surface area contributed by atoms with Crippen LogP contribution in [0.3, 0.4) is 0 Å². The molecule has 2 rings (SSSR count). The van der Waals surface area contributed by atoms with Crippen LogP contribution in [-0.4, -0.2) is 10.5 Å². The van der Waals surface area contributed by atoms with Crippen molar-refractivity contribution >= 4 is 22.5 Å². The number of hydrogen-bond donors (Lipinski definition) is 2. The van der Waals surface area contributed by atoms with Crippen LogP contribution in [0, 0.1) is 0 Å². The van der Waals surface area contributed by atoms with E-state index in [1.165, 1.54) is 0 Å². The van der Waals surface area contributed by atoms with E-state index in [4.69, 9.17) is 17.3 Å². The largest absolute Gasteiger partial charge is 0.325 e. The van der Waals surface area contributed by atoms with Crippen LogP contribution < -0.4 is 11.3 Å². The van der Waals surface area contributed by atoms with Gasteiger partial charge in [0.1, 0.15) is 0 Å². The van der Waals surface area contributed by atoms with Crippen molar-refractivity contribution in [1.82, 2.24) is 4.98 Å². The number of nitrogens with one attached hydrogen (secondary N) is 1. The molecule has 0 aliphatic heterocycles. The van der Waals surface area contributed by atoms with Gasteiger partial charge in [-0.1, -0.05) is 11.6 Å². The molecule has 0 spiro atoms. The molecule has 1 aromatic carbocycles. The number of pyridine rings is 1. The maximum absolute atomic E-state index is 11.9. The zero-order valence-electron chi connectivity index (χ0n) is 9.88. The number of H-pyrrole nitrogens is 1. The molecule has 0 amide bonds. The van der Waals surface area contributed by atoms with Crippen molar-refractivity contribution in [2.45, 2.75) is 25.8 Å². The number of aromatic nitrogens is 1. The third kappa shape index (κ3) is 2.87. The van der Waals surface area contributed by atoms with Gasteiger partial charge in [0.25, 0.3) is 5.56 Å². The van der Waals surface area contributed by atoms with Crippen LogP contribution in [-0.2, 0) is 6.42 Å². The number of aromatic amines is 1. The van der Waals surface area contributed by atoms with Crippen LogP contribution in [0.1, 0.15) is 19.4 Å². The molecule has 0 saturated carbocycles. The smallest absolute Gasteiger partial charge is 0.251 e. The number of rotatable bonds is 2. The van der Waals surface area contributed by atoms with Gasteiger partial charge in [-0.3, -0.25) is 4.79 Å². The Morgan fingerprint density at radius 1 is 1.35 bits per heavy atom. The fraction of sp³-hybridized carbons (Fsp3) is 0.308. The highest BCUT2D eigenvalue weighted by atomic mass is 35.5. The molecule has 0 bridgehead atoms. The summed E-state index contributed by atoms with van der Waals surface area (Å²) in [7, 11) is 0. The summed E-state index contributed by atoms with van der Waals surface area (Å²) in [5.41, 5.74) is 6.92. The van der Waals surface area contributed by atoms with E-state index in [-0.39, 0.29) is 5.56 Å². The summed E-state index contributed by atoms with van der Waals surface area (Å²) < 4.78 is 0. The molecule has 4 heteroatoms. The molecular weight excluding hydrogens is 236 g/mol. The highest BCUT2D eigenvalue weighted by molar-refractivity contribution is 6.31. The number of nitrogens with two attached hydrogens (primary N) is 1. The molecular formula is C13H15ClN2O. The Balaban J connectivity index is 2.58. The summed E-state index contributed by atoms with van der Waals surface area (Å²) in [6.45, 7) is 3.79. The lowest BCUT2D eigenvalue weighted by Crippen LogP contribution is -2.36. The van der Waals surface area contributed by atoms with Gasteiger partial charge in [-0.25, -0.2) is 0 Å². The average molecular weight is 251 g/mol. The van der Waals surface area contributed by atoms with E-state index in [2.05, 4.69) is 4.98 Å². The number of hydrogen-bond acceptors (Lipinski definition) is 2. The minimum Gasteiger partial charge on any atom is -0.325 e. The van der Waals surface area contributed by atoms with E-state index >= 15 is 0 Å². The second-order valence-electron chi connectivity index (χ2n) is 5.02. The number of fused-ring (bicyclic) bond motifs is 1. The zero-order valence-corrected chi connectivity index (χ0v) is 10.6. The van der Waals surface area contributed by atoms with Crippen LogP contribution >= 0.6 is 11.6 Å². The summed E-state index contributed by atoms with van der Waals surface area (Å²) in [6, 6.07) is 7.25. The molecule has 0 saturated heterocycles. The highest BCUT2D eigenvalue weighted by Gasteiger charge is 2.14. The molecule has 3 N–H and O–H groups in total. The minimum atomic E-state index is -0.404. The van der Waals surface area contributed by atoms with Gasteiger partial charge < -0.3 is 10.7 Å². The highest BCUT2D eigenvalue weighted by Crippen LogP contribution is 2.18. The van der Waals surface area contributed by atoms with Crippen LogP contribution in [0.4, 0.5) is 0 Å². The predicted octanol–water partition coefficient (Wildman–Crippen LogP) is 2.46. The SMILES string of the molecule is CC(C)(N)Cc1cc2cc(Cl)ccc2[nH]c1=O. The topological polar surface area (TPSA) is 58.9 Å². The normalized spacial score (nSPS) is 12.0. The summed E-state index contributed by atoms with van der Waals surface area (Å²) in [4.78, 5) is 14.7. The standard InChI is InChI=1S/C13H15ClN2O/c1-13(2,15)7-9-5-8-6-10(14)3-4-11(8)16-12(9)17/h3-6H,7,15H2,1-2H3,(H,16,17). The Morgan fingerprint density at radius 2 is 2.06 bits per heavy atom. The van der Waals surface area contributed by atoms with Crippen molar-refractivity contribution in [2.24, 2.45) is 5.73 Å². The first-order valence-electron chi connectivity index (χ1n) is 5.45. The first kappa shape index (κ1) is 12.1. The number of benzene rings is 1. The zero-order chi connectivity index (χ0) is 12.6. The van der Waals surface area contributed by atoms with Crippen LogP contribution in [0.15, 0.2) is 29.1 Å². The summed E-state index contributed by atoms with van der Waals surface area (Å²) in [6.07, 6.45) is 0.533. The second kappa shape index (κ2) is 4.17. The maximum atomic E-state index is 11.9. The first-order valence-corrected chi connectivity index (χ1v) is 5.83. The van der Waals surface area contributed by atoms with Crippen LogP contribution in [0.2, 0.25) is 5.02 Å². The Kier molecular flexibility index (Phi) is 2.98. The first-order chi connectivity index (χ1) is 7.85. The molecule has 90 valence electrons. The van der Waals surface area contributed by atoms with Gasteiger partial charge >= 0.3 is 0 Å². The van der Waals surface area contributed by atoms with Crippen molar-refractivity contribution in [3.8, 4) is 0 Å². The van der Waals surface area contributed by atoms with E-state index in [1.807, 2.05) is 26.0 Å². The summed E-state index contributed by atoms with van der Waals surface area (Å²) in [5.74, 6) is 0. The van der Waals surface area contributed by atoms with Crippen molar-refractivity contribution in [1.29, 1.82) is 0 Å². The molecule has 3 nitrogen and oxygen atoms in total. The van der Waals surface area contributed by atoms with Gasteiger partial charge in [-0.2, -0.15) is 0 Å². The van der Waals surface area contributed by atoms with E-state index in [1.54, 1.807) is 12.1 Å². The Hall–Kier alpha value is -1.32. The monoisotopic (exact) mass is 250 g/mol. The average Bonchev–Trinajstić information content (AvgIpc) is 2.17. The fourth-order valence-electron chi connectivity index (χ4n) is 1.84. The molecule has 0 fully saturated rings. The Labute approximate surface area is 105 Å². The molecule has 0 unspecified atom stereocenters. The van der Waals surface area contributed by atoms with Crippen LogP contribution in [0.25, 0.3) is 10.9 Å². The van der Waals surface area contributed by atoms with E-state index in [0.717, 1.165) is 10.9 Å². The summed E-state index contributed by atoms with van der Waals surface area (Å²) >= 11 is 5.93. The second-order valence-corrected chi connectivity index (χ2v) is 5.46. The lowest BCUT2D eigenvalue weighted by Gasteiger charge is -2.17. The van der Waals surface area contributed by atoms with Gasteiger partial charge in [-0.05, 0) is 49.9 Å². The van der Waals surface area contributed by atoms with E-state index in [9.17, 15) is 4.79 Å². The molecule has 17 heavy (non-hydrogen) atoms. The molecule has 1 aromatic heterocycles. The van der Waals surface area contributed by atoms with Gasteiger partial charge in [0.05, 0.1) is 0 Å². The fourth-order valence-corrected chi connectivity index (χ4v) is 2.03. The van der Waals surface area contributed by atoms with Crippen LogP contribution in [0.5, 0.6) is 0 Å². The van der Waals surface area contributed by atoms with Gasteiger partial charge in [-0.15, -0.1) is 0 Å². The molecule has 0 aliphatic carbocycles. The molecule has 1 heterocycles. The third-order valence-corrected chi connectivity index (χ3v) is 2.76. The van der Waals surface area contributed by atoms with E-state index < -0.39 is 5.54 Å². The lowest BCUT2D eigenvalue weighted by molar-refractivity contribution is 0.514. The molecule has 0 atom stereocenters. The molecule has 0 radical (unpaired) electrons. The van der Waals surface area contributed by atoms with Crippen molar-refractivity contribution < 1.29 is 0 Å². The van der Waals surface area contributed by atoms with Gasteiger partial charge in [0, 0.05) is 21.6 Å². The predicted molar refractivity (Wildman–Crippen MR) is 71.5 cm³/mol. The van der Waals surface area contributed by atoms with Crippen molar-refractivity contribution in [2.75, 3.05) is 0 Å².